The van der Waals surface area contributed by atoms with Gasteiger partial charge in [-0.3, -0.25) is 29.4 Å². The minimum Gasteiger partial charge on any atom is -0.322 e. The van der Waals surface area contributed by atoms with E-state index in [9.17, 15) is 24.5 Å². The summed E-state index contributed by atoms with van der Waals surface area (Å²) in [5.41, 5.74) is 3.79. The molecule has 0 aliphatic carbocycles. The molecule has 8 heteroatoms. The molecule has 3 aromatic rings. The van der Waals surface area contributed by atoms with Crippen LogP contribution in [0.25, 0.3) is 0 Å². The number of nitrogens with zero attached hydrogens (tertiary/aromatic N) is 2. The third-order valence-corrected chi connectivity index (χ3v) is 6.58. The SMILES string of the molecule is CC(=O)[C@H]1C(=O)N(c2ccc(C)cc2)C(C)=C(C(=O)Nc2ccc(C)cc2)[C@@H]1c1cccc([N+](=O)[O-])c1. The van der Waals surface area contributed by atoms with Crippen LogP contribution >= 0.6 is 0 Å². The lowest BCUT2D eigenvalue weighted by atomic mass is 9.74. The Balaban J connectivity index is 1.94. The number of non-ortho nitro benzene ring substituents is 1. The Labute approximate surface area is 214 Å². The number of Topliss-reactive ketones (excluding diaryl/α,β-unsaturated/α-hetero) is 1. The lowest BCUT2D eigenvalue weighted by Crippen LogP contribution is -2.48. The van der Waals surface area contributed by atoms with E-state index < -0.39 is 34.4 Å². The molecule has 3 aromatic carbocycles. The molecular formula is C29H27N3O5. The van der Waals surface area contributed by atoms with Gasteiger partial charge in [-0.15, -0.1) is 0 Å². The van der Waals surface area contributed by atoms with E-state index in [-0.39, 0.29) is 11.3 Å². The number of benzene rings is 3. The molecule has 1 N–H and O–H groups in total. The zero-order chi connectivity index (χ0) is 26.9. The second-order valence-electron chi connectivity index (χ2n) is 9.25. The van der Waals surface area contributed by atoms with Gasteiger partial charge in [-0.05, 0) is 57.5 Å². The maximum atomic E-state index is 13.8. The highest BCUT2D eigenvalue weighted by molar-refractivity contribution is 6.16. The molecule has 0 aromatic heterocycles. The molecule has 1 aliphatic heterocycles. The van der Waals surface area contributed by atoms with E-state index in [0.29, 0.717) is 22.6 Å². The number of allylic oxidation sites excluding steroid dienone is 1. The first-order valence-electron chi connectivity index (χ1n) is 11.8. The van der Waals surface area contributed by atoms with Crippen LogP contribution in [-0.4, -0.2) is 22.5 Å². The minimum atomic E-state index is -1.24. The van der Waals surface area contributed by atoms with Crippen molar-refractivity contribution in [3.63, 3.8) is 0 Å². The number of carbonyl (C=O) groups is 3. The van der Waals surface area contributed by atoms with Crippen LogP contribution in [-0.2, 0) is 14.4 Å². The summed E-state index contributed by atoms with van der Waals surface area (Å²) in [5, 5.41) is 14.4. The molecule has 2 amide bonds. The van der Waals surface area contributed by atoms with Gasteiger partial charge in [-0.1, -0.05) is 47.5 Å². The number of rotatable bonds is 6. The summed E-state index contributed by atoms with van der Waals surface area (Å²) in [7, 11) is 0. The van der Waals surface area contributed by atoms with Crippen molar-refractivity contribution in [1.29, 1.82) is 0 Å². The normalized spacial score (nSPS) is 17.5. The lowest BCUT2D eigenvalue weighted by Gasteiger charge is -2.39. The molecule has 4 rings (SSSR count). The van der Waals surface area contributed by atoms with Crippen molar-refractivity contribution in [1.82, 2.24) is 0 Å². The second-order valence-corrected chi connectivity index (χ2v) is 9.25. The van der Waals surface area contributed by atoms with Crippen molar-refractivity contribution in [3.05, 3.63) is 111 Å². The number of amides is 2. The van der Waals surface area contributed by atoms with Crippen LogP contribution in [0.15, 0.2) is 84.1 Å². The van der Waals surface area contributed by atoms with Gasteiger partial charge in [0, 0.05) is 40.7 Å². The molecule has 188 valence electrons. The van der Waals surface area contributed by atoms with Crippen molar-refractivity contribution in [3.8, 4) is 0 Å². The Bertz CT molecular complexity index is 1420. The van der Waals surface area contributed by atoms with Gasteiger partial charge in [-0.2, -0.15) is 0 Å². The zero-order valence-corrected chi connectivity index (χ0v) is 21.0. The average molecular weight is 498 g/mol. The highest BCUT2D eigenvalue weighted by Gasteiger charge is 2.47. The van der Waals surface area contributed by atoms with Gasteiger partial charge in [0.15, 0.2) is 0 Å². The van der Waals surface area contributed by atoms with E-state index in [0.717, 1.165) is 11.1 Å². The summed E-state index contributed by atoms with van der Waals surface area (Å²) in [6, 6.07) is 20.2. The lowest BCUT2D eigenvalue weighted by molar-refractivity contribution is -0.384. The summed E-state index contributed by atoms with van der Waals surface area (Å²) >= 11 is 0. The van der Waals surface area contributed by atoms with Gasteiger partial charge in [-0.25, -0.2) is 0 Å². The monoisotopic (exact) mass is 497 g/mol. The van der Waals surface area contributed by atoms with Crippen molar-refractivity contribution < 1.29 is 19.3 Å². The summed E-state index contributed by atoms with van der Waals surface area (Å²) in [4.78, 5) is 53.0. The van der Waals surface area contributed by atoms with Crippen molar-refractivity contribution >= 4 is 34.7 Å². The van der Waals surface area contributed by atoms with Crippen LogP contribution in [0.3, 0.4) is 0 Å². The Hall–Kier alpha value is -4.59. The minimum absolute atomic E-state index is 0.191. The van der Waals surface area contributed by atoms with Gasteiger partial charge < -0.3 is 5.32 Å². The Morgan fingerprint density at radius 2 is 1.51 bits per heavy atom. The number of ketones is 1. The number of nitrogens with one attached hydrogen (secondary N) is 1. The summed E-state index contributed by atoms with van der Waals surface area (Å²) in [5.74, 6) is -3.67. The molecule has 1 aliphatic rings. The van der Waals surface area contributed by atoms with E-state index >= 15 is 0 Å². The molecular weight excluding hydrogens is 470 g/mol. The molecule has 0 fully saturated rings. The highest BCUT2D eigenvalue weighted by Crippen LogP contribution is 2.43. The summed E-state index contributed by atoms with van der Waals surface area (Å²) in [6.45, 7) is 6.81. The number of nitro benzene ring substituents is 1. The van der Waals surface area contributed by atoms with Gasteiger partial charge in [0.25, 0.3) is 11.6 Å². The number of hydrogen-bond donors (Lipinski definition) is 1. The molecule has 0 spiro atoms. The van der Waals surface area contributed by atoms with E-state index in [4.69, 9.17) is 0 Å². The third-order valence-electron chi connectivity index (χ3n) is 6.58. The first-order chi connectivity index (χ1) is 17.6. The Morgan fingerprint density at radius 3 is 2.08 bits per heavy atom. The van der Waals surface area contributed by atoms with Gasteiger partial charge in [0.1, 0.15) is 11.7 Å². The van der Waals surface area contributed by atoms with Crippen molar-refractivity contribution in [2.24, 2.45) is 5.92 Å². The first kappa shape index (κ1) is 25.5. The smallest absolute Gasteiger partial charge is 0.269 e. The molecule has 37 heavy (non-hydrogen) atoms. The predicted molar refractivity (Wildman–Crippen MR) is 141 cm³/mol. The number of hydrogen-bond acceptors (Lipinski definition) is 5. The number of aryl methyl sites for hydroxylation is 2. The highest BCUT2D eigenvalue weighted by atomic mass is 16.6. The van der Waals surface area contributed by atoms with Crippen LogP contribution in [0.2, 0.25) is 0 Å². The number of carbonyl (C=O) groups excluding carboxylic acids is 3. The van der Waals surface area contributed by atoms with Crippen LogP contribution in [0.1, 0.15) is 36.5 Å². The standard InChI is InChI=1S/C29H27N3O5/c1-17-8-12-22(13-9-17)30-28(34)25-19(3)31(23-14-10-18(2)11-15-23)29(35)26(20(4)33)27(25)21-6-5-7-24(16-21)32(36)37/h5-16,26-27H,1-4H3,(H,30,34)/t26-,27+/m1/s1. The van der Waals surface area contributed by atoms with Gasteiger partial charge in [0.05, 0.1) is 4.92 Å². The van der Waals surface area contributed by atoms with Crippen molar-refractivity contribution in [2.75, 3.05) is 10.2 Å². The molecule has 0 unspecified atom stereocenters. The molecule has 2 atom stereocenters. The van der Waals surface area contributed by atoms with Crippen molar-refractivity contribution in [2.45, 2.75) is 33.6 Å². The first-order valence-corrected chi connectivity index (χ1v) is 11.8. The molecule has 0 saturated carbocycles. The number of anilines is 2. The maximum Gasteiger partial charge on any atom is 0.269 e. The van der Waals surface area contributed by atoms with E-state index in [1.807, 2.05) is 38.1 Å². The van der Waals surface area contributed by atoms with Gasteiger partial charge in [0.2, 0.25) is 5.91 Å². The fourth-order valence-corrected chi connectivity index (χ4v) is 4.71. The fourth-order valence-electron chi connectivity index (χ4n) is 4.71. The Morgan fingerprint density at radius 1 is 0.919 bits per heavy atom. The fraction of sp³-hybridized carbons (Fsp3) is 0.207. The predicted octanol–water partition coefficient (Wildman–Crippen LogP) is 5.46. The molecule has 0 bridgehead atoms. The van der Waals surface area contributed by atoms with Crippen LogP contribution in [0.4, 0.5) is 17.1 Å². The van der Waals surface area contributed by atoms with E-state index in [1.54, 1.807) is 37.3 Å². The topological polar surface area (TPSA) is 110 Å². The quantitative estimate of drug-likeness (QED) is 0.276. The van der Waals surface area contributed by atoms with E-state index in [2.05, 4.69) is 5.32 Å². The number of nitro groups is 1. The zero-order valence-electron chi connectivity index (χ0n) is 21.0. The van der Waals surface area contributed by atoms with Crippen LogP contribution < -0.4 is 10.2 Å². The molecule has 1 heterocycles. The third kappa shape index (κ3) is 5.04. The van der Waals surface area contributed by atoms with Crippen LogP contribution in [0, 0.1) is 29.9 Å². The molecule has 8 nitrogen and oxygen atoms in total. The largest absolute Gasteiger partial charge is 0.322 e. The average Bonchev–Trinajstić information content (AvgIpc) is 2.86. The maximum absolute atomic E-state index is 13.8. The molecule has 0 saturated heterocycles. The van der Waals surface area contributed by atoms with Gasteiger partial charge >= 0.3 is 0 Å². The Kier molecular flexibility index (Phi) is 7.02. The van der Waals surface area contributed by atoms with E-state index in [1.165, 1.54) is 30.0 Å². The molecule has 0 radical (unpaired) electrons. The second kappa shape index (κ2) is 10.2. The summed E-state index contributed by atoms with van der Waals surface area (Å²) in [6.07, 6.45) is 0. The van der Waals surface area contributed by atoms with Crippen LogP contribution in [0.5, 0.6) is 0 Å². The summed E-state index contributed by atoms with van der Waals surface area (Å²) < 4.78 is 0.